The Balaban J connectivity index is 4.05. The summed E-state index contributed by atoms with van der Waals surface area (Å²) in [6.45, 7) is 3.48. The number of carbonyl (C=O) groups is 2. The van der Waals surface area contributed by atoms with Gasteiger partial charge in [-0.2, -0.15) is 0 Å². The molecule has 0 bridgehead atoms. The molecule has 2 N–H and O–H groups in total. The van der Waals surface area contributed by atoms with Crippen LogP contribution < -0.4 is 0 Å². The second kappa shape index (κ2) is 31.0. The number of ether oxygens (including phenoxy) is 2. The van der Waals surface area contributed by atoms with Crippen molar-refractivity contribution in [3.05, 3.63) is 48.6 Å². The van der Waals surface area contributed by atoms with Crippen molar-refractivity contribution in [2.75, 3.05) is 13.2 Å². The zero-order valence-corrected chi connectivity index (χ0v) is 28.4. The van der Waals surface area contributed by atoms with Gasteiger partial charge in [-0.05, 0) is 64.2 Å². The van der Waals surface area contributed by atoms with Gasteiger partial charge in [-0.15, -0.1) is 0 Å². The van der Waals surface area contributed by atoms with Gasteiger partial charge in [0.1, 0.15) is 6.61 Å². The summed E-state index contributed by atoms with van der Waals surface area (Å²) in [4.78, 5) is 42.5. The Labute approximate surface area is 267 Å². The van der Waals surface area contributed by atoms with Crippen molar-refractivity contribution < 1.29 is 37.9 Å². The lowest BCUT2D eigenvalue weighted by atomic mass is 10.1. The van der Waals surface area contributed by atoms with Crippen LogP contribution >= 0.6 is 7.82 Å². The molecule has 0 amide bonds. The van der Waals surface area contributed by atoms with Crippen LogP contribution in [0.3, 0.4) is 0 Å². The molecule has 0 aromatic rings. The Bertz CT molecular complexity index is 859. The van der Waals surface area contributed by atoms with E-state index in [-0.39, 0.29) is 19.4 Å². The molecule has 0 heterocycles. The maximum absolute atomic E-state index is 12.3. The van der Waals surface area contributed by atoms with Crippen molar-refractivity contribution in [3.8, 4) is 0 Å². The lowest BCUT2D eigenvalue weighted by molar-refractivity contribution is -0.161. The average Bonchev–Trinajstić information content (AvgIpc) is 2.98. The Morgan fingerprint density at radius 1 is 0.614 bits per heavy atom. The van der Waals surface area contributed by atoms with Crippen molar-refractivity contribution >= 4 is 19.8 Å². The number of carbonyl (C=O) groups excluding carboxylic acids is 2. The maximum Gasteiger partial charge on any atom is 0.469 e. The van der Waals surface area contributed by atoms with Crippen LogP contribution in [0.2, 0.25) is 0 Å². The zero-order valence-electron chi connectivity index (χ0n) is 27.5. The summed E-state index contributed by atoms with van der Waals surface area (Å²) in [5.74, 6) is -0.922. The summed E-state index contributed by atoms with van der Waals surface area (Å²) in [7, 11) is -4.75. The topological polar surface area (TPSA) is 119 Å². The van der Waals surface area contributed by atoms with Gasteiger partial charge in [-0.25, -0.2) is 4.57 Å². The molecule has 0 unspecified atom stereocenters. The maximum atomic E-state index is 12.3. The summed E-state index contributed by atoms with van der Waals surface area (Å²) in [6, 6.07) is 0. The lowest BCUT2D eigenvalue weighted by Crippen LogP contribution is -2.29. The summed E-state index contributed by atoms with van der Waals surface area (Å²) < 4.78 is 26.2. The number of unbranched alkanes of at least 4 members (excludes halogenated alkanes) is 12. The van der Waals surface area contributed by atoms with Crippen molar-refractivity contribution in [1.29, 1.82) is 0 Å². The van der Waals surface area contributed by atoms with Crippen molar-refractivity contribution in [2.45, 2.75) is 148 Å². The Kier molecular flexibility index (Phi) is 29.6. The van der Waals surface area contributed by atoms with E-state index in [1.807, 2.05) is 0 Å². The van der Waals surface area contributed by atoms with Gasteiger partial charge in [-0.1, -0.05) is 114 Å². The van der Waals surface area contributed by atoms with Gasteiger partial charge in [0.15, 0.2) is 6.10 Å². The summed E-state index contributed by atoms with van der Waals surface area (Å²) in [6.07, 6.45) is 35.5. The first kappa shape index (κ1) is 42.0. The monoisotopic (exact) mass is 640 g/mol. The molecule has 9 heteroatoms. The molecule has 0 saturated carbocycles. The highest BCUT2D eigenvalue weighted by Crippen LogP contribution is 2.35. The van der Waals surface area contributed by atoms with Crippen LogP contribution in [-0.2, 0) is 28.2 Å². The number of hydrogen-bond donors (Lipinski definition) is 2. The molecule has 0 radical (unpaired) electrons. The van der Waals surface area contributed by atoms with E-state index < -0.39 is 32.5 Å². The molecular weight excluding hydrogens is 579 g/mol. The Morgan fingerprint density at radius 2 is 1.09 bits per heavy atom. The van der Waals surface area contributed by atoms with Crippen LogP contribution in [-0.4, -0.2) is 41.0 Å². The molecule has 0 aromatic carbocycles. The number of hydrogen-bond acceptors (Lipinski definition) is 6. The third-order valence-corrected chi connectivity index (χ3v) is 7.32. The number of esters is 2. The molecule has 0 rings (SSSR count). The van der Waals surface area contributed by atoms with Crippen LogP contribution in [0.4, 0.5) is 0 Å². The van der Waals surface area contributed by atoms with E-state index in [4.69, 9.17) is 19.3 Å². The first-order valence-electron chi connectivity index (χ1n) is 16.9. The van der Waals surface area contributed by atoms with E-state index in [0.29, 0.717) is 12.8 Å². The third kappa shape index (κ3) is 32.9. The van der Waals surface area contributed by atoms with Gasteiger partial charge in [0, 0.05) is 12.8 Å². The molecule has 0 aliphatic heterocycles. The van der Waals surface area contributed by atoms with Gasteiger partial charge < -0.3 is 19.3 Å². The van der Waals surface area contributed by atoms with Crippen LogP contribution in [0.25, 0.3) is 0 Å². The molecule has 44 heavy (non-hydrogen) atoms. The molecule has 0 aromatic heterocycles. The molecule has 0 saturated heterocycles. The quantitative estimate of drug-likeness (QED) is 0.0345. The smallest absolute Gasteiger partial charge is 0.462 e. The van der Waals surface area contributed by atoms with Gasteiger partial charge in [0.05, 0.1) is 6.61 Å². The Hall–Kier alpha value is -1.99. The summed E-state index contributed by atoms with van der Waals surface area (Å²) in [5, 5.41) is 0. The first-order chi connectivity index (χ1) is 21.3. The van der Waals surface area contributed by atoms with E-state index in [9.17, 15) is 14.2 Å². The number of phosphoric acid groups is 1. The molecule has 0 aliphatic rings. The number of phosphoric ester groups is 1. The SMILES string of the molecule is CC/C=C\C/C=C\C/C=C\CCCCCCCC(=O)OC[C@H](COP(=O)(O)O)OC(=O)CCCCCCC/C=C\CCCC. The van der Waals surface area contributed by atoms with Gasteiger partial charge >= 0.3 is 19.8 Å². The van der Waals surface area contributed by atoms with Crippen molar-refractivity contribution in [1.82, 2.24) is 0 Å². The van der Waals surface area contributed by atoms with Crippen LogP contribution in [0.1, 0.15) is 142 Å². The lowest BCUT2D eigenvalue weighted by Gasteiger charge is -2.18. The minimum Gasteiger partial charge on any atom is -0.462 e. The zero-order chi connectivity index (χ0) is 32.6. The Morgan fingerprint density at radius 3 is 1.66 bits per heavy atom. The summed E-state index contributed by atoms with van der Waals surface area (Å²) in [5.41, 5.74) is 0. The first-order valence-corrected chi connectivity index (χ1v) is 18.5. The fourth-order valence-corrected chi connectivity index (χ4v) is 4.67. The average molecular weight is 641 g/mol. The van der Waals surface area contributed by atoms with Gasteiger partial charge in [0.2, 0.25) is 0 Å². The molecule has 0 fully saturated rings. The van der Waals surface area contributed by atoms with E-state index in [2.05, 4.69) is 67.0 Å². The minimum absolute atomic E-state index is 0.195. The van der Waals surface area contributed by atoms with Crippen LogP contribution in [0.15, 0.2) is 48.6 Å². The van der Waals surface area contributed by atoms with Crippen LogP contribution in [0, 0.1) is 0 Å². The second-order valence-corrected chi connectivity index (χ2v) is 12.3. The molecular formula is C35H61O8P. The molecule has 254 valence electrons. The fraction of sp³-hybridized carbons (Fsp3) is 0.714. The molecule has 0 spiro atoms. The summed E-state index contributed by atoms with van der Waals surface area (Å²) >= 11 is 0. The van der Waals surface area contributed by atoms with E-state index in [1.165, 1.54) is 12.8 Å². The molecule has 0 aliphatic carbocycles. The minimum atomic E-state index is -4.75. The van der Waals surface area contributed by atoms with Crippen LogP contribution in [0.5, 0.6) is 0 Å². The second-order valence-electron chi connectivity index (χ2n) is 11.1. The number of rotatable bonds is 30. The highest BCUT2D eigenvalue weighted by atomic mass is 31.2. The normalized spacial score (nSPS) is 13.1. The highest BCUT2D eigenvalue weighted by molar-refractivity contribution is 7.46. The standard InChI is InChI=1S/C35H61O8P/c1-3-5-7-9-11-13-15-16-17-18-20-21-23-25-27-29-34(36)41-31-33(32-42-44(38,39)40)43-35(37)30-28-26-24-22-19-14-12-10-8-6-4-2/h5,7,10-13,16-17,33H,3-4,6,8-9,14-15,18-32H2,1-2H3,(H2,38,39,40)/b7-5-,12-10-,13-11-,17-16-/t33-/m1/s1. The van der Waals surface area contributed by atoms with Gasteiger partial charge in [-0.3, -0.25) is 14.1 Å². The van der Waals surface area contributed by atoms with E-state index in [0.717, 1.165) is 89.9 Å². The molecule has 1 atom stereocenters. The largest absolute Gasteiger partial charge is 0.469 e. The molecule has 8 nitrogen and oxygen atoms in total. The van der Waals surface area contributed by atoms with Crippen molar-refractivity contribution in [2.24, 2.45) is 0 Å². The predicted molar refractivity (Wildman–Crippen MR) is 179 cm³/mol. The number of allylic oxidation sites excluding steroid dienone is 8. The highest BCUT2D eigenvalue weighted by Gasteiger charge is 2.22. The third-order valence-electron chi connectivity index (χ3n) is 6.83. The van der Waals surface area contributed by atoms with E-state index in [1.54, 1.807) is 0 Å². The van der Waals surface area contributed by atoms with Crippen molar-refractivity contribution in [3.63, 3.8) is 0 Å². The fourth-order valence-electron chi connectivity index (χ4n) is 4.31. The predicted octanol–water partition coefficient (Wildman–Crippen LogP) is 9.62. The van der Waals surface area contributed by atoms with Gasteiger partial charge in [0.25, 0.3) is 0 Å². The van der Waals surface area contributed by atoms with E-state index >= 15 is 0 Å².